The zero-order valence-electron chi connectivity index (χ0n) is 11.0. The van der Waals surface area contributed by atoms with E-state index in [-0.39, 0.29) is 5.75 Å². The highest BCUT2D eigenvalue weighted by molar-refractivity contribution is 5.26. The summed E-state index contributed by atoms with van der Waals surface area (Å²) in [6, 6.07) is 6.78. The smallest absolute Gasteiger partial charge is 0.400 e. The van der Waals surface area contributed by atoms with Gasteiger partial charge in [0.1, 0.15) is 5.75 Å². The van der Waals surface area contributed by atoms with Crippen molar-refractivity contribution in [1.29, 1.82) is 0 Å². The first-order valence-electron chi connectivity index (χ1n) is 6.61. The van der Waals surface area contributed by atoms with Crippen LogP contribution in [0, 0.1) is 18.8 Å². The van der Waals surface area contributed by atoms with Crippen LogP contribution in [0.4, 0.5) is 8.78 Å². The first kappa shape index (κ1) is 13.3. The summed E-state index contributed by atoms with van der Waals surface area (Å²) in [7, 11) is 0. The van der Waals surface area contributed by atoms with Gasteiger partial charge in [0.05, 0.1) is 5.92 Å². The monoisotopic (exact) mass is 254 g/mol. The summed E-state index contributed by atoms with van der Waals surface area (Å²) in [5.41, 5.74) is 1.04. The van der Waals surface area contributed by atoms with Crippen molar-refractivity contribution in [3.05, 3.63) is 29.8 Å². The topological polar surface area (TPSA) is 9.23 Å². The highest BCUT2D eigenvalue weighted by atomic mass is 19.3. The summed E-state index contributed by atoms with van der Waals surface area (Å²) < 4.78 is 32.9. The lowest BCUT2D eigenvalue weighted by atomic mass is 9.82. The van der Waals surface area contributed by atoms with Gasteiger partial charge in [-0.15, -0.1) is 0 Å². The molecular weight excluding hydrogens is 234 g/mol. The van der Waals surface area contributed by atoms with Crippen LogP contribution in [0.15, 0.2) is 24.3 Å². The maximum Gasteiger partial charge on any atom is 0.400 e. The quantitative estimate of drug-likeness (QED) is 0.753. The molecule has 1 saturated carbocycles. The second kappa shape index (κ2) is 5.25. The first-order valence-corrected chi connectivity index (χ1v) is 6.61. The molecule has 1 nitrogen and oxygen atoms in total. The summed E-state index contributed by atoms with van der Waals surface area (Å²) >= 11 is 0. The van der Waals surface area contributed by atoms with E-state index >= 15 is 0 Å². The largest absolute Gasteiger partial charge is 0.432 e. The molecule has 1 fully saturated rings. The predicted molar refractivity (Wildman–Crippen MR) is 67.9 cm³/mol. The van der Waals surface area contributed by atoms with Crippen LogP contribution in [0.5, 0.6) is 5.75 Å². The molecule has 18 heavy (non-hydrogen) atoms. The van der Waals surface area contributed by atoms with Gasteiger partial charge in [-0.3, -0.25) is 0 Å². The fourth-order valence-electron chi connectivity index (χ4n) is 2.44. The van der Waals surface area contributed by atoms with E-state index < -0.39 is 12.0 Å². The van der Waals surface area contributed by atoms with Gasteiger partial charge >= 0.3 is 6.11 Å². The highest BCUT2D eigenvalue weighted by Gasteiger charge is 2.43. The number of ether oxygens (including phenoxy) is 1. The Bertz CT molecular complexity index is 378. The van der Waals surface area contributed by atoms with E-state index in [0.717, 1.165) is 18.4 Å². The number of hydrogen-bond donors (Lipinski definition) is 0. The van der Waals surface area contributed by atoms with E-state index in [0.29, 0.717) is 18.8 Å². The minimum atomic E-state index is -3.05. The first-order chi connectivity index (χ1) is 8.47. The molecule has 2 rings (SSSR count). The van der Waals surface area contributed by atoms with Crippen LogP contribution in [0.1, 0.15) is 38.2 Å². The lowest BCUT2D eigenvalue weighted by Gasteiger charge is -2.32. The van der Waals surface area contributed by atoms with Gasteiger partial charge in [-0.1, -0.05) is 37.5 Å². The van der Waals surface area contributed by atoms with Gasteiger partial charge in [0.25, 0.3) is 0 Å². The van der Waals surface area contributed by atoms with E-state index in [4.69, 9.17) is 4.74 Å². The molecule has 1 aliphatic carbocycles. The molecule has 0 spiro atoms. The average Bonchev–Trinajstić information content (AvgIpc) is 2.32. The Kier molecular flexibility index (Phi) is 3.88. The second-order valence-electron chi connectivity index (χ2n) is 5.43. The molecule has 100 valence electrons. The third-order valence-corrected chi connectivity index (χ3v) is 3.77. The molecule has 1 aromatic rings. The Morgan fingerprint density at radius 2 is 1.61 bits per heavy atom. The summed E-state index contributed by atoms with van der Waals surface area (Å²) in [6.45, 7) is 4.04. The Hall–Kier alpha value is -1.12. The van der Waals surface area contributed by atoms with Crippen molar-refractivity contribution in [3.63, 3.8) is 0 Å². The van der Waals surface area contributed by atoms with Crippen LogP contribution in [-0.2, 0) is 0 Å². The molecule has 0 bridgehead atoms. The Morgan fingerprint density at radius 3 is 2.17 bits per heavy atom. The lowest BCUT2D eigenvalue weighted by molar-refractivity contribution is -0.223. The fraction of sp³-hybridized carbons (Fsp3) is 0.600. The number of benzene rings is 1. The van der Waals surface area contributed by atoms with Crippen molar-refractivity contribution < 1.29 is 13.5 Å². The van der Waals surface area contributed by atoms with E-state index in [1.165, 1.54) is 0 Å². The van der Waals surface area contributed by atoms with Crippen LogP contribution in [0.3, 0.4) is 0 Å². The molecule has 0 aliphatic heterocycles. The van der Waals surface area contributed by atoms with Crippen molar-refractivity contribution in [2.24, 2.45) is 11.8 Å². The normalized spacial score (nSPS) is 24.9. The van der Waals surface area contributed by atoms with Crippen LogP contribution in [0.2, 0.25) is 0 Å². The maximum atomic E-state index is 14.0. The Morgan fingerprint density at radius 1 is 1.06 bits per heavy atom. The van der Waals surface area contributed by atoms with Crippen molar-refractivity contribution in [1.82, 2.24) is 0 Å². The minimum Gasteiger partial charge on any atom is -0.432 e. The van der Waals surface area contributed by atoms with E-state index in [9.17, 15) is 8.78 Å². The van der Waals surface area contributed by atoms with Gasteiger partial charge in [-0.25, -0.2) is 0 Å². The van der Waals surface area contributed by atoms with Gasteiger partial charge in [-0.05, 0) is 37.8 Å². The van der Waals surface area contributed by atoms with Gasteiger partial charge in [0, 0.05) is 0 Å². The Labute approximate surface area is 107 Å². The van der Waals surface area contributed by atoms with Crippen molar-refractivity contribution >= 4 is 0 Å². The van der Waals surface area contributed by atoms with E-state index in [1.807, 2.05) is 6.92 Å². The van der Waals surface area contributed by atoms with Crippen molar-refractivity contribution in [2.75, 3.05) is 0 Å². The molecule has 3 heteroatoms. The zero-order valence-corrected chi connectivity index (χ0v) is 11.0. The maximum absolute atomic E-state index is 14.0. The number of rotatable bonds is 3. The van der Waals surface area contributed by atoms with Crippen LogP contribution in [0.25, 0.3) is 0 Å². The number of halogens is 2. The Balaban J connectivity index is 2.00. The third kappa shape index (κ3) is 3.21. The molecule has 0 N–H and O–H groups in total. The third-order valence-electron chi connectivity index (χ3n) is 3.77. The predicted octanol–water partition coefficient (Wildman–Crippen LogP) is 4.79. The molecule has 0 heterocycles. The summed E-state index contributed by atoms with van der Waals surface area (Å²) in [5, 5.41) is 0. The summed E-state index contributed by atoms with van der Waals surface area (Å²) in [6.07, 6.45) is -0.190. The number of hydrogen-bond acceptors (Lipinski definition) is 1. The van der Waals surface area contributed by atoms with Crippen molar-refractivity contribution in [3.8, 4) is 5.75 Å². The number of alkyl halides is 2. The van der Waals surface area contributed by atoms with Crippen LogP contribution >= 0.6 is 0 Å². The van der Waals surface area contributed by atoms with Gasteiger partial charge < -0.3 is 4.74 Å². The molecular formula is C15H20F2O. The molecule has 0 aromatic heterocycles. The molecule has 1 aromatic carbocycles. The molecule has 1 aliphatic rings. The average molecular weight is 254 g/mol. The summed E-state index contributed by atoms with van der Waals surface area (Å²) in [5.74, 6) is 0.177. The molecule has 0 atom stereocenters. The highest BCUT2D eigenvalue weighted by Crippen LogP contribution is 2.39. The lowest BCUT2D eigenvalue weighted by Crippen LogP contribution is -2.36. The van der Waals surface area contributed by atoms with Gasteiger partial charge in [-0.2, -0.15) is 8.78 Å². The SMILES string of the molecule is Cc1ccc(OC(F)(F)C2CCC(C)CC2)cc1. The fourth-order valence-corrected chi connectivity index (χ4v) is 2.44. The van der Waals surface area contributed by atoms with Gasteiger partial charge in [0.15, 0.2) is 0 Å². The standard InChI is InChI=1S/C15H20F2O/c1-11-3-7-13(8-4-11)15(16,17)18-14-9-5-12(2)6-10-14/h5-6,9-11,13H,3-4,7-8H2,1-2H3. The van der Waals surface area contributed by atoms with E-state index in [2.05, 4.69) is 6.92 Å². The van der Waals surface area contributed by atoms with Crippen molar-refractivity contribution in [2.45, 2.75) is 45.6 Å². The van der Waals surface area contributed by atoms with Crippen LogP contribution < -0.4 is 4.74 Å². The molecule has 0 unspecified atom stereocenters. The number of aryl methyl sites for hydroxylation is 1. The molecule has 0 saturated heterocycles. The minimum absolute atomic E-state index is 0.254. The van der Waals surface area contributed by atoms with Crippen LogP contribution in [-0.4, -0.2) is 6.11 Å². The summed E-state index contributed by atoms with van der Waals surface area (Å²) in [4.78, 5) is 0. The van der Waals surface area contributed by atoms with Gasteiger partial charge in [0.2, 0.25) is 0 Å². The second-order valence-corrected chi connectivity index (χ2v) is 5.43. The molecule has 0 radical (unpaired) electrons. The zero-order chi connectivity index (χ0) is 13.2. The van der Waals surface area contributed by atoms with E-state index in [1.54, 1.807) is 24.3 Å². The molecule has 0 amide bonds.